The number of benzene rings is 1. The van der Waals surface area contributed by atoms with Gasteiger partial charge in [0.25, 0.3) is 0 Å². The van der Waals surface area contributed by atoms with Gasteiger partial charge in [0, 0.05) is 20.1 Å². The molecule has 17 heavy (non-hydrogen) atoms. The molecule has 1 N–H and O–H groups in total. The van der Waals surface area contributed by atoms with Gasteiger partial charge in [-0.15, -0.1) is 0 Å². The average molecular weight is 239 g/mol. The molecule has 3 nitrogen and oxygen atoms in total. The lowest BCUT2D eigenvalue weighted by Gasteiger charge is -2.06. The molecule has 0 spiro atoms. The van der Waals surface area contributed by atoms with E-state index in [-0.39, 0.29) is 18.0 Å². The van der Waals surface area contributed by atoms with E-state index in [0.29, 0.717) is 19.7 Å². The molecule has 0 aromatic heterocycles. The first-order valence-electron chi connectivity index (χ1n) is 5.60. The van der Waals surface area contributed by atoms with Crippen LogP contribution in [0.1, 0.15) is 11.1 Å². The molecule has 0 bridgehead atoms. The zero-order valence-corrected chi connectivity index (χ0v) is 10.3. The van der Waals surface area contributed by atoms with Crippen molar-refractivity contribution >= 4 is 5.78 Å². The number of hydrogen-bond acceptors (Lipinski definition) is 3. The normalized spacial score (nSPS) is 10.5. The Bertz CT molecular complexity index is 380. The van der Waals surface area contributed by atoms with Crippen LogP contribution >= 0.6 is 0 Å². The van der Waals surface area contributed by atoms with Gasteiger partial charge in [0.2, 0.25) is 0 Å². The first-order chi connectivity index (χ1) is 8.13. The topological polar surface area (TPSA) is 38.3 Å². The highest BCUT2D eigenvalue weighted by Crippen LogP contribution is 2.10. The number of carbonyl (C=O) groups is 1. The van der Waals surface area contributed by atoms with Gasteiger partial charge in [-0.1, -0.05) is 6.07 Å². The van der Waals surface area contributed by atoms with E-state index in [0.717, 1.165) is 11.1 Å². The first-order valence-corrected chi connectivity index (χ1v) is 5.60. The summed E-state index contributed by atoms with van der Waals surface area (Å²) in [5, 5.41) is 2.97. The molecule has 0 unspecified atom stereocenters. The minimum absolute atomic E-state index is 0.0507. The van der Waals surface area contributed by atoms with Crippen LogP contribution in [0, 0.1) is 12.7 Å². The molecular formula is C13H18FNO2. The van der Waals surface area contributed by atoms with E-state index >= 15 is 0 Å². The van der Waals surface area contributed by atoms with Crippen LogP contribution < -0.4 is 5.32 Å². The number of Topliss-reactive ketones (excluding diaryl/α,β-unsaturated/α-hetero) is 1. The second-order valence-electron chi connectivity index (χ2n) is 3.96. The minimum Gasteiger partial charge on any atom is -0.383 e. The highest BCUT2D eigenvalue weighted by atomic mass is 19.1. The molecule has 0 aliphatic rings. The van der Waals surface area contributed by atoms with Crippen molar-refractivity contribution in [3.63, 3.8) is 0 Å². The zero-order chi connectivity index (χ0) is 12.7. The summed E-state index contributed by atoms with van der Waals surface area (Å²) in [7, 11) is 1.61. The SMILES string of the molecule is COCCNCC(=O)Cc1cc(F)ccc1C. The summed E-state index contributed by atoms with van der Waals surface area (Å²) >= 11 is 0. The van der Waals surface area contributed by atoms with Crippen molar-refractivity contribution < 1.29 is 13.9 Å². The van der Waals surface area contributed by atoms with Crippen molar-refractivity contribution in [1.82, 2.24) is 5.32 Å². The number of ether oxygens (including phenoxy) is 1. The molecule has 0 atom stereocenters. The largest absolute Gasteiger partial charge is 0.383 e. The lowest BCUT2D eigenvalue weighted by atomic mass is 10.0. The standard InChI is InChI=1S/C13H18FNO2/c1-10-3-4-12(14)7-11(10)8-13(16)9-15-5-6-17-2/h3-4,7,15H,5-6,8-9H2,1-2H3. The number of halogens is 1. The van der Waals surface area contributed by atoms with Crippen molar-refractivity contribution in [1.29, 1.82) is 0 Å². The number of ketones is 1. The number of carbonyl (C=O) groups excluding carboxylic acids is 1. The average Bonchev–Trinajstić information content (AvgIpc) is 2.29. The summed E-state index contributed by atoms with van der Waals surface area (Å²) in [6.45, 7) is 3.39. The van der Waals surface area contributed by atoms with Gasteiger partial charge in [0.1, 0.15) is 5.82 Å². The van der Waals surface area contributed by atoms with Crippen LogP contribution in [-0.2, 0) is 16.0 Å². The lowest BCUT2D eigenvalue weighted by Crippen LogP contribution is -2.27. The molecule has 0 fully saturated rings. The second-order valence-corrected chi connectivity index (χ2v) is 3.96. The minimum atomic E-state index is -0.300. The van der Waals surface area contributed by atoms with Crippen molar-refractivity contribution in [2.45, 2.75) is 13.3 Å². The Labute approximate surface area is 101 Å². The highest BCUT2D eigenvalue weighted by Gasteiger charge is 2.06. The van der Waals surface area contributed by atoms with Crippen molar-refractivity contribution in [3.05, 3.63) is 35.1 Å². The van der Waals surface area contributed by atoms with Crippen molar-refractivity contribution in [2.75, 3.05) is 26.8 Å². The lowest BCUT2D eigenvalue weighted by molar-refractivity contribution is -0.117. The molecule has 0 aliphatic carbocycles. The molecule has 0 aliphatic heterocycles. The Morgan fingerprint density at radius 2 is 2.24 bits per heavy atom. The Balaban J connectivity index is 2.42. The first kappa shape index (κ1) is 13.8. The van der Waals surface area contributed by atoms with Crippen LogP contribution in [-0.4, -0.2) is 32.6 Å². The molecule has 0 saturated heterocycles. The molecule has 94 valence electrons. The Morgan fingerprint density at radius 3 is 2.94 bits per heavy atom. The van der Waals surface area contributed by atoms with Gasteiger partial charge in [0.05, 0.1) is 13.2 Å². The number of nitrogens with one attached hydrogen (secondary N) is 1. The van der Waals surface area contributed by atoms with Crippen LogP contribution in [0.5, 0.6) is 0 Å². The summed E-state index contributed by atoms with van der Waals surface area (Å²) in [4.78, 5) is 11.6. The Kier molecular flexibility index (Phi) is 5.80. The van der Waals surface area contributed by atoms with E-state index in [1.807, 2.05) is 6.92 Å². The van der Waals surface area contributed by atoms with Crippen molar-refractivity contribution in [2.24, 2.45) is 0 Å². The third-order valence-electron chi connectivity index (χ3n) is 2.50. The fraction of sp³-hybridized carbons (Fsp3) is 0.462. The maximum atomic E-state index is 13.0. The van der Waals surface area contributed by atoms with Gasteiger partial charge in [-0.25, -0.2) is 4.39 Å². The van der Waals surface area contributed by atoms with E-state index in [2.05, 4.69) is 5.32 Å². The van der Waals surface area contributed by atoms with Crippen LogP contribution in [0.25, 0.3) is 0 Å². The molecule has 1 aromatic carbocycles. The van der Waals surface area contributed by atoms with Crippen LogP contribution in [0.15, 0.2) is 18.2 Å². The third-order valence-corrected chi connectivity index (χ3v) is 2.50. The van der Waals surface area contributed by atoms with E-state index in [4.69, 9.17) is 4.74 Å². The molecule has 1 rings (SSSR count). The van der Waals surface area contributed by atoms with Gasteiger partial charge in [-0.05, 0) is 30.2 Å². The van der Waals surface area contributed by atoms with Gasteiger partial charge in [-0.3, -0.25) is 4.79 Å². The summed E-state index contributed by atoms with van der Waals surface area (Å²) in [5.74, 6) is -0.249. The fourth-order valence-electron chi connectivity index (χ4n) is 1.51. The highest BCUT2D eigenvalue weighted by molar-refractivity contribution is 5.83. The van der Waals surface area contributed by atoms with E-state index in [1.165, 1.54) is 12.1 Å². The number of aryl methyl sites for hydroxylation is 1. The quantitative estimate of drug-likeness (QED) is 0.732. The van der Waals surface area contributed by atoms with E-state index in [1.54, 1.807) is 13.2 Å². The maximum Gasteiger partial charge on any atom is 0.150 e. The molecular weight excluding hydrogens is 221 g/mol. The molecule has 0 saturated carbocycles. The predicted molar refractivity (Wildman–Crippen MR) is 64.6 cm³/mol. The van der Waals surface area contributed by atoms with Crippen LogP contribution in [0.4, 0.5) is 4.39 Å². The smallest absolute Gasteiger partial charge is 0.150 e. The number of methoxy groups -OCH3 is 1. The molecule has 0 radical (unpaired) electrons. The van der Waals surface area contributed by atoms with Crippen LogP contribution in [0.3, 0.4) is 0 Å². The number of rotatable bonds is 7. The molecule has 0 amide bonds. The summed E-state index contributed by atoms with van der Waals surface area (Å²) in [6.07, 6.45) is 0.267. The monoisotopic (exact) mass is 239 g/mol. The van der Waals surface area contributed by atoms with Gasteiger partial charge >= 0.3 is 0 Å². The predicted octanol–water partition coefficient (Wildman–Crippen LogP) is 1.48. The molecule has 0 heterocycles. The molecule has 4 heteroatoms. The maximum absolute atomic E-state index is 13.0. The van der Waals surface area contributed by atoms with Gasteiger partial charge < -0.3 is 10.1 Å². The summed E-state index contributed by atoms with van der Waals surface area (Å²) < 4.78 is 17.9. The van der Waals surface area contributed by atoms with Crippen molar-refractivity contribution in [3.8, 4) is 0 Å². The van der Waals surface area contributed by atoms with Gasteiger partial charge in [-0.2, -0.15) is 0 Å². The van der Waals surface area contributed by atoms with E-state index < -0.39 is 0 Å². The summed E-state index contributed by atoms with van der Waals surface area (Å²) in [5.41, 5.74) is 1.69. The van der Waals surface area contributed by atoms with E-state index in [9.17, 15) is 9.18 Å². The number of hydrogen-bond donors (Lipinski definition) is 1. The molecule has 1 aromatic rings. The third kappa shape index (κ3) is 5.06. The Hall–Kier alpha value is -1.26. The zero-order valence-electron chi connectivity index (χ0n) is 10.3. The Morgan fingerprint density at radius 1 is 1.47 bits per heavy atom. The summed E-state index contributed by atoms with van der Waals surface area (Å²) in [6, 6.07) is 4.51. The second kappa shape index (κ2) is 7.14. The van der Waals surface area contributed by atoms with Gasteiger partial charge in [0.15, 0.2) is 5.78 Å². The van der Waals surface area contributed by atoms with Crippen LogP contribution in [0.2, 0.25) is 0 Å². The fourth-order valence-corrected chi connectivity index (χ4v) is 1.51.